The molecule has 2 saturated heterocycles. The molecule has 2 fully saturated rings. The Kier molecular flexibility index (Phi) is 8.15. The largest absolute Gasteiger partial charge is 0.502 e. The highest BCUT2D eigenvalue weighted by Gasteiger charge is 2.28. The molecule has 1 aromatic heterocycles. The summed E-state index contributed by atoms with van der Waals surface area (Å²) >= 11 is 0. The highest BCUT2D eigenvalue weighted by molar-refractivity contribution is 5.45. The van der Waals surface area contributed by atoms with Crippen molar-refractivity contribution in [2.75, 3.05) is 45.9 Å². The fraction of sp³-hybridized carbons (Fsp3) is 0.379. The minimum Gasteiger partial charge on any atom is -0.502 e. The Balaban J connectivity index is 1.28. The number of halogens is 1. The van der Waals surface area contributed by atoms with Gasteiger partial charge in [-0.1, -0.05) is 30.0 Å². The van der Waals surface area contributed by atoms with E-state index in [-0.39, 0.29) is 23.6 Å². The third-order valence-electron chi connectivity index (χ3n) is 7.04. The average molecular weight is 519 g/mol. The lowest BCUT2D eigenvalue weighted by molar-refractivity contribution is -0.00129. The second-order valence-corrected chi connectivity index (χ2v) is 9.87. The topological polar surface area (TPSA) is 102 Å². The van der Waals surface area contributed by atoms with Gasteiger partial charge in [0, 0.05) is 68.3 Å². The summed E-state index contributed by atoms with van der Waals surface area (Å²) in [7, 11) is 0. The maximum absolute atomic E-state index is 14.7. The number of aliphatic hydroxyl groups is 1. The maximum atomic E-state index is 14.7. The van der Waals surface area contributed by atoms with E-state index in [9.17, 15) is 19.4 Å². The second kappa shape index (κ2) is 11.9. The summed E-state index contributed by atoms with van der Waals surface area (Å²) in [6, 6.07) is 12.9. The number of morpholine rings is 1. The molecule has 8 nitrogen and oxygen atoms in total. The van der Waals surface area contributed by atoms with Crippen molar-refractivity contribution in [1.82, 2.24) is 19.8 Å². The molecular weight excluding hydrogens is 487 g/mol. The van der Waals surface area contributed by atoms with E-state index < -0.39 is 5.56 Å². The Morgan fingerprint density at radius 2 is 1.79 bits per heavy atom. The molecule has 0 saturated carbocycles. The van der Waals surface area contributed by atoms with E-state index in [0.717, 1.165) is 24.2 Å². The van der Waals surface area contributed by atoms with Crippen LogP contribution in [0.2, 0.25) is 0 Å². The number of β-amino-alcohol motifs (C(OH)–C–C–N with tert-alkyl or cyclic N) is 1. The van der Waals surface area contributed by atoms with Crippen molar-refractivity contribution in [3.8, 4) is 17.6 Å². The van der Waals surface area contributed by atoms with Crippen molar-refractivity contribution in [1.29, 1.82) is 0 Å². The van der Waals surface area contributed by atoms with Gasteiger partial charge in [-0.3, -0.25) is 14.6 Å². The number of rotatable bonds is 7. The van der Waals surface area contributed by atoms with Crippen LogP contribution in [0.4, 0.5) is 4.39 Å². The van der Waals surface area contributed by atoms with Crippen LogP contribution in [0.3, 0.4) is 0 Å². The first-order valence-electron chi connectivity index (χ1n) is 12.8. The molecule has 9 heteroatoms. The minimum atomic E-state index is -0.565. The molecule has 3 heterocycles. The summed E-state index contributed by atoms with van der Waals surface area (Å²) in [5, 5.41) is 19.9. The van der Waals surface area contributed by atoms with E-state index in [0.29, 0.717) is 62.6 Å². The monoisotopic (exact) mass is 518 g/mol. The molecule has 38 heavy (non-hydrogen) atoms. The number of benzene rings is 2. The van der Waals surface area contributed by atoms with Gasteiger partial charge in [-0.05, 0) is 29.8 Å². The van der Waals surface area contributed by atoms with Gasteiger partial charge in [0.1, 0.15) is 5.82 Å². The Morgan fingerprint density at radius 1 is 1.08 bits per heavy atom. The number of aliphatic hydroxyl groups excluding tert-OH is 1. The molecule has 2 aromatic carbocycles. The molecule has 2 aliphatic rings. The second-order valence-electron chi connectivity index (χ2n) is 9.87. The number of likely N-dealkylation sites (tertiary alicyclic amines) is 1. The van der Waals surface area contributed by atoms with E-state index >= 15 is 0 Å². The maximum Gasteiger partial charge on any atom is 0.293 e. The number of hydrogen-bond donors (Lipinski definition) is 3. The summed E-state index contributed by atoms with van der Waals surface area (Å²) in [5.41, 5.74) is 2.84. The Hall–Kier alpha value is -3.55. The Bertz CT molecular complexity index is 1370. The van der Waals surface area contributed by atoms with Gasteiger partial charge in [-0.25, -0.2) is 9.37 Å². The molecule has 0 spiro atoms. The summed E-state index contributed by atoms with van der Waals surface area (Å²) in [6.45, 7) is 5.37. The summed E-state index contributed by atoms with van der Waals surface area (Å²) in [5.74, 6) is 5.49. The van der Waals surface area contributed by atoms with Crippen molar-refractivity contribution in [3.63, 3.8) is 0 Å². The molecule has 1 atom stereocenters. The van der Waals surface area contributed by atoms with Crippen LogP contribution in [0.1, 0.15) is 33.9 Å². The standard InChI is InChI=1S/C29H31FN4O4/c30-26-13-21(5-8-23(26)15-33-9-11-38-12-10-33)2-1-20-3-6-22(7-4-20)24(16-34-17-25(35)18-34)14-27-28(36)29(37)32-19-31-27/h3-8,13,19,24-25,35-36H,9-12,14-18H2,(H,31,32,37). The summed E-state index contributed by atoms with van der Waals surface area (Å²) in [4.78, 5) is 22.7. The molecule has 198 valence electrons. The van der Waals surface area contributed by atoms with Crippen LogP contribution in [0, 0.1) is 17.7 Å². The lowest BCUT2D eigenvalue weighted by Gasteiger charge is -2.38. The quantitative estimate of drug-likeness (QED) is 0.411. The van der Waals surface area contributed by atoms with Crippen molar-refractivity contribution < 1.29 is 19.3 Å². The normalized spacial score (nSPS) is 17.4. The van der Waals surface area contributed by atoms with Crippen LogP contribution in [-0.2, 0) is 17.7 Å². The number of aromatic hydroxyl groups is 1. The number of hydrogen-bond acceptors (Lipinski definition) is 7. The van der Waals surface area contributed by atoms with Gasteiger partial charge in [-0.2, -0.15) is 0 Å². The fourth-order valence-electron chi connectivity index (χ4n) is 4.84. The van der Waals surface area contributed by atoms with E-state index in [1.807, 2.05) is 30.3 Å². The molecule has 3 N–H and O–H groups in total. The molecule has 5 rings (SSSR count). The Morgan fingerprint density at radius 3 is 2.50 bits per heavy atom. The predicted octanol–water partition coefficient (Wildman–Crippen LogP) is 1.85. The number of H-pyrrole nitrogens is 1. The first kappa shape index (κ1) is 26.1. The summed E-state index contributed by atoms with van der Waals surface area (Å²) in [6.07, 6.45) is 1.35. The molecular formula is C29H31FN4O4. The van der Waals surface area contributed by atoms with Gasteiger partial charge in [0.05, 0.1) is 31.3 Å². The number of nitrogens with zero attached hydrogens (tertiary/aromatic N) is 3. The SMILES string of the molecule is O=c1[nH]cnc(CC(CN2CC(O)C2)c2ccc(C#Cc3ccc(CN4CCOCC4)c(F)c3)cc2)c1O. The molecule has 2 aliphatic heterocycles. The first-order chi connectivity index (χ1) is 18.4. The average Bonchev–Trinajstić information content (AvgIpc) is 2.91. The van der Waals surface area contributed by atoms with Crippen LogP contribution in [0.15, 0.2) is 53.6 Å². The van der Waals surface area contributed by atoms with Gasteiger partial charge in [0.15, 0.2) is 0 Å². The molecule has 3 aromatic rings. The number of aromatic nitrogens is 2. The highest BCUT2D eigenvalue weighted by Crippen LogP contribution is 2.26. The molecule has 0 aliphatic carbocycles. The summed E-state index contributed by atoms with van der Waals surface area (Å²) < 4.78 is 20.0. The van der Waals surface area contributed by atoms with Crippen LogP contribution >= 0.6 is 0 Å². The van der Waals surface area contributed by atoms with Gasteiger partial charge < -0.3 is 19.9 Å². The third-order valence-corrected chi connectivity index (χ3v) is 7.04. The number of ether oxygens (including phenoxy) is 1. The van der Waals surface area contributed by atoms with Crippen molar-refractivity contribution in [2.45, 2.75) is 25.0 Å². The number of aromatic amines is 1. The van der Waals surface area contributed by atoms with E-state index in [1.165, 1.54) is 12.4 Å². The highest BCUT2D eigenvalue weighted by atomic mass is 19.1. The van der Waals surface area contributed by atoms with Crippen LogP contribution < -0.4 is 5.56 Å². The van der Waals surface area contributed by atoms with Crippen molar-refractivity contribution in [3.05, 3.63) is 92.9 Å². The zero-order valence-corrected chi connectivity index (χ0v) is 21.1. The Labute approximate surface area is 220 Å². The van der Waals surface area contributed by atoms with Crippen LogP contribution in [0.25, 0.3) is 0 Å². The first-order valence-corrected chi connectivity index (χ1v) is 12.8. The molecule has 0 amide bonds. The lowest BCUT2D eigenvalue weighted by atomic mass is 9.91. The van der Waals surface area contributed by atoms with E-state index in [4.69, 9.17) is 4.74 Å². The smallest absolute Gasteiger partial charge is 0.293 e. The van der Waals surface area contributed by atoms with Crippen molar-refractivity contribution >= 4 is 0 Å². The zero-order valence-electron chi connectivity index (χ0n) is 21.1. The van der Waals surface area contributed by atoms with Crippen molar-refractivity contribution in [2.24, 2.45) is 0 Å². The lowest BCUT2D eigenvalue weighted by Crippen LogP contribution is -2.52. The zero-order chi connectivity index (χ0) is 26.5. The molecule has 0 bridgehead atoms. The van der Waals surface area contributed by atoms with Crippen LogP contribution in [0.5, 0.6) is 5.75 Å². The van der Waals surface area contributed by atoms with E-state index in [2.05, 4.69) is 31.6 Å². The van der Waals surface area contributed by atoms with Gasteiger partial charge in [-0.15, -0.1) is 0 Å². The van der Waals surface area contributed by atoms with Gasteiger partial charge in [0.25, 0.3) is 5.56 Å². The molecule has 1 unspecified atom stereocenters. The fourth-order valence-corrected chi connectivity index (χ4v) is 4.84. The predicted molar refractivity (Wildman–Crippen MR) is 140 cm³/mol. The van der Waals surface area contributed by atoms with Gasteiger partial charge >= 0.3 is 0 Å². The minimum absolute atomic E-state index is 0.0437. The van der Waals surface area contributed by atoms with Gasteiger partial charge in [0.2, 0.25) is 5.75 Å². The molecule has 0 radical (unpaired) electrons. The van der Waals surface area contributed by atoms with E-state index in [1.54, 1.807) is 6.07 Å². The van der Waals surface area contributed by atoms with Crippen LogP contribution in [-0.4, -0.2) is 82.0 Å². The third kappa shape index (κ3) is 6.47. The number of nitrogens with one attached hydrogen (secondary N) is 1.